The summed E-state index contributed by atoms with van der Waals surface area (Å²) >= 11 is 0. The lowest BCUT2D eigenvalue weighted by Gasteiger charge is -2.07. The summed E-state index contributed by atoms with van der Waals surface area (Å²) < 4.78 is 5.26. The SMILES string of the molecule is CC(=O)C(C)c1cccc2ncoc12. The van der Waals surface area contributed by atoms with E-state index in [9.17, 15) is 4.79 Å². The van der Waals surface area contributed by atoms with Gasteiger partial charge in [-0.15, -0.1) is 0 Å². The Morgan fingerprint density at radius 2 is 2.29 bits per heavy atom. The number of Topliss-reactive ketones (excluding diaryl/α,β-unsaturated/α-hetero) is 1. The van der Waals surface area contributed by atoms with Crippen LogP contribution in [0.25, 0.3) is 11.1 Å². The third-order valence-electron chi connectivity index (χ3n) is 2.46. The molecule has 1 aromatic heterocycles. The van der Waals surface area contributed by atoms with Crippen molar-refractivity contribution in [1.82, 2.24) is 4.98 Å². The van der Waals surface area contributed by atoms with Gasteiger partial charge in [-0.1, -0.05) is 19.1 Å². The van der Waals surface area contributed by atoms with E-state index in [0.717, 1.165) is 16.7 Å². The Labute approximate surface area is 81.7 Å². The van der Waals surface area contributed by atoms with Gasteiger partial charge in [-0.3, -0.25) is 4.79 Å². The third kappa shape index (κ3) is 1.31. The Bertz CT molecular complexity index is 473. The molecule has 1 aromatic carbocycles. The maximum atomic E-state index is 11.2. The zero-order valence-corrected chi connectivity index (χ0v) is 8.15. The number of hydrogen-bond acceptors (Lipinski definition) is 3. The molecule has 0 aliphatic rings. The Balaban J connectivity index is 2.61. The first-order valence-corrected chi connectivity index (χ1v) is 4.52. The predicted octanol–water partition coefficient (Wildman–Crippen LogP) is 2.52. The summed E-state index contributed by atoms with van der Waals surface area (Å²) in [6.07, 6.45) is 1.40. The second-order valence-electron chi connectivity index (χ2n) is 3.38. The standard InChI is InChI=1S/C11H11NO2/c1-7(8(2)13)9-4-3-5-10-11(9)14-6-12-10/h3-7H,1-2H3. The lowest BCUT2D eigenvalue weighted by molar-refractivity contribution is -0.118. The summed E-state index contributed by atoms with van der Waals surface area (Å²) in [6.45, 7) is 3.46. The molecule has 0 bridgehead atoms. The minimum Gasteiger partial charge on any atom is -0.443 e. The van der Waals surface area contributed by atoms with Crippen molar-refractivity contribution in [3.05, 3.63) is 30.2 Å². The second kappa shape index (κ2) is 3.25. The van der Waals surface area contributed by atoms with E-state index < -0.39 is 0 Å². The normalized spacial score (nSPS) is 13.0. The van der Waals surface area contributed by atoms with Crippen molar-refractivity contribution in [3.63, 3.8) is 0 Å². The van der Waals surface area contributed by atoms with Gasteiger partial charge in [0.15, 0.2) is 12.0 Å². The summed E-state index contributed by atoms with van der Waals surface area (Å²) in [5.74, 6) is 0.000509. The minimum atomic E-state index is -0.133. The van der Waals surface area contributed by atoms with Crippen LogP contribution in [0.3, 0.4) is 0 Å². The van der Waals surface area contributed by atoms with Crippen molar-refractivity contribution in [2.75, 3.05) is 0 Å². The Hall–Kier alpha value is -1.64. The molecule has 1 heterocycles. The topological polar surface area (TPSA) is 43.1 Å². The number of carbonyl (C=O) groups is 1. The smallest absolute Gasteiger partial charge is 0.181 e. The monoisotopic (exact) mass is 189 g/mol. The van der Waals surface area contributed by atoms with Crippen molar-refractivity contribution in [1.29, 1.82) is 0 Å². The van der Waals surface area contributed by atoms with Crippen LogP contribution in [-0.4, -0.2) is 10.8 Å². The molecule has 1 atom stereocenters. The molecule has 0 radical (unpaired) electrons. The van der Waals surface area contributed by atoms with Crippen LogP contribution in [0.15, 0.2) is 29.0 Å². The van der Waals surface area contributed by atoms with Crippen molar-refractivity contribution >= 4 is 16.9 Å². The third-order valence-corrected chi connectivity index (χ3v) is 2.46. The van der Waals surface area contributed by atoms with Gasteiger partial charge in [-0.2, -0.15) is 0 Å². The fourth-order valence-electron chi connectivity index (χ4n) is 1.47. The molecule has 0 fully saturated rings. The van der Waals surface area contributed by atoms with Crippen LogP contribution in [0.5, 0.6) is 0 Å². The molecule has 3 nitrogen and oxygen atoms in total. The van der Waals surface area contributed by atoms with Gasteiger partial charge in [-0.25, -0.2) is 4.98 Å². The molecule has 3 heteroatoms. The molecule has 2 rings (SSSR count). The maximum Gasteiger partial charge on any atom is 0.181 e. The lowest BCUT2D eigenvalue weighted by atomic mass is 9.97. The van der Waals surface area contributed by atoms with Gasteiger partial charge >= 0.3 is 0 Å². The van der Waals surface area contributed by atoms with Crippen LogP contribution in [-0.2, 0) is 4.79 Å². The molecule has 72 valence electrons. The number of benzene rings is 1. The van der Waals surface area contributed by atoms with Crippen LogP contribution < -0.4 is 0 Å². The predicted molar refractivity (Wildman–Crippen MR) is 53.1 cm³/mol. The summed E-state index contributed by atoms with van der Waals surface area (Å²) in [5.41, 5.74) is 2.43. The van der Waals surface area contributed by atoms with E-state index in [4.69, 9.17) is 4.42 Å². The van der Waals surface area contributed by atoms with Crippen molar-refractivity contribution in [2.45, 2.75) is 19.8 Å². The molecule has 0 aliphatic carbocycles. The molecule has 0 amide bonds. The number of nitrogens with zero attached hydrogens (tertiary/aromatic N) is 1. The number of ketones is 1. The highest BCUT2D eigenvalue weighted by molar-refractivity contribution is 5.88. The molecule has 0 spiro atoms. The van der Waals surface area contributed by atoms with Crippen LogP contribution >= 0.6 is 0 Å². The number of oxazole rings is 1. The number of hydrogen-bond donors (Lipinski definition) is 0. The van der Waals surface area contributed by atoms with Gasteiger partial charge in [0, 0.05) is 11.5 Å². The number of fused-ring (bicyclic) bond motifs is 1. The van der Waals surface area contributed by atoms with E-state index in [0.29, 0.717) is 0 Å². The second-order valence-corrected chi connectivity index (χ2v) is 3.38. The number of carbonyl (C=O) groups excluding carboxylic acids is 1. The van der Waals surface area contributed by atoms with E-state index in [1.165, 1.54) is 6.39 Å². The average Bonchev–Trinajstić information content (AvgIpc) is 2.63. The summed E-state index contributed by atoms with van der Waals surface area (Å²) in [5, 5.41) is 0. The van der Waals surface area contributed by atoms with Crippen molar-refractivity contribution in [2.24, 2.45) is 0 Å². The Morgan fingerprint density at radius 1 is 1.50 bits per heavy atom. The molecule has 0 N–H and O–H groups in total. The number of para-hydroxylation sites is 1. The Kier molecular flexibility index (Phi) is 2.08. The molecule has 2 aromatic rings. The van der Waals surface area contributed by atoms with Crippen LogP contribution in [0.1, 0.15) is 25.3 Å². The van der Waals surface area contributed by atoms with E-state index in [-0.39, 0.29) is 11.7 Å². The highest BCUT2D eigenvalue weighted by atomic mass is 16.3. The van der Waals surface area contributed by atoms with Gasteiger partial charge in [0.1, 0.15) is 11.3 Å². The summed E-state index contributed by atoms with van der Waals surface area (Å²) in [7, 11) is 0. The highest BCUT2D eigenvalue weighted by Crippen LogP contribution is 2.25. The first-order valence-electron chi connectivity index (χ1n) is 4.52. The molecule has 0 saturated carbocycles. The van der Waals surface area contributed by atoms with Crippen molar-refractivity contribution < 1.29 is 9.21 Å². The number of rotatable bonds is 2. The van der Waals surface area contributed by atoms with E-state index in [2.05, 4.69) is 4.98 Å². The quantitative estimate of drug-likeness (QED) is 0.729. The summed E-state index contributed by atoms with van der Waals surface area (Å²) in [6, 6.07) is 5.66. The zero-order valence-electron chi connectivity index (χ0n) is 8.15. The van der Waals surface area contributed by atoms with Crippen LogP contribution in [0.4, 0.5) is 0 Å². The summed E-state index contributed by atoms with van der Waals surface area (Å²) in [4.78, 5) is 15.3. The van der Waals surface area contributed by atoms with E-state index in [1.54, 1.807) is 6.92 Å². The number of aromatic nitrogens is 1. The van der Waals surface area contributed by atoms with Gasteiger partial charge in [-0.05, 0) is 13.0 Å². The largest absolute Gasteiger partial charge is 0.443 e. The highest BCUT2D eigenvalue weighted by Gasteiger charge is 2.15. The van der Waals surface area contributed by atoms with Gasteiger partial charge in [0.05, 0.1) is 0 Å². The maximum absolute atomic E-state index is 11.2. The fraction of sp³-hybridized carbons (Fsp3) is 0.273. The molecule has 0 saturated heterocycles. The molecule has 14 heavy (non-hydrogen) atoms. The first-order chi connectivity index (χ1) is 6.70. The van der Waals surface area contributed by atoms with E-state index in [1.807, 2.05) is 25.1 Å². The van der Waals surface area contributed by atoms with Gasteiger partial charge < -0.3 is 4.42 Å². The lowest BCUT2D eigenvalue weighted by Crippen LogP contribution is -2.04. The zero-order chi connectivity index (χ0) is 10.1. The van der Waals surface area contributed by atoms with E-state index >= 15 is 0 Å². The van der Waals surface area contributed by atoms with Crippen LogP contribution in [0, 0.1) is 0 Å². The van der Waals surface area contributed by atoms with Gasteiger partial charge in [0.25, 0.3) is 0 Å². The molecular formula is C11H11NO2. The van der Waals surface area contributed by atoms with Crippen molar-refractivity contribution in [3.8, 4) is 0 Å². The molecule has 1 unspecified atom stereocenters. The first kappa shape index (κ1) is 8.94. The molecule has 0 aliphatic heterocycles. The minimum absolute atomic E-state index is 0.133. The Morgan fingerprint density at radius 3 is 3.00 bits per heavy atom. The van der Waals surface area contributed by atoms with Gasteiger partial charge in [0.2, 0.25) is 0 Å². The fourth-order valence-corrected chi connectivity index (χ4v) is 1.47. The average molecular weight is 189 g/mol. The molecular weight excluding hydrogens is 178 g/mol. The van der Waals surface area contributed by atoms with Crippen LogP contribution in [0.2, 0.25) is 0 Å².